The predicted octanol–water partition coefficient (Wildman–Crippen LogP) is 5.68. The van der Waals surface area contributed by atoms with E-state index in [0.717, 1.165) is 0 Å². The molecule has 0 fully saturated rings. The van der Waals surface area contributed by atoms with Crippen LogP contribution in [-0.2, 0) is 38.1 Å². The molecule has 4 rings (SSSR count). The topological polar surface area (TPSA) is 202 Å². The van der Waals surface area contributed by atoms with Crippen LogP contribution in [0.15, 0.2) is 70.5 Å². The maximum atomic E-state index is 13.0. The maximum Gasteiger partial charge on any atom is 0.426 e. The molecule has 0 saturated carbocycles. The zero-order valence-corrected chi connectivity index (χ0v) is 26.0. The summed E-state index contributed by atoms with van der Waals surface area (Å²) in [5.74, 6) is -0.754. The van der Waals surface area contributed by atoms with Crippen LogP contribution in [0.3, 0.4) is 0 Å². The molecule has 0 aliphatic rings. The molecule has 0 saturated heterocycles. The van der Waals surface area contributed by atoms with Crippen molar-refractivity contribution in [1.29, 1.82) is 10.8 Å². The van der Waals surface area contributed by atoms with Gasteiger partial charge in [0.1, 0.15) is 9.79 Å². The van der Waals surface area contributed by atoms with E-state index in [-0.39, 0.29) is 74.0 Å². The lowest BCUT2D eigenvalue weighted by molar-refractivity contribution is -0.0558. The number of fused-ring (bicyclic) bond motifs is 2. The van der Waals surface area contributed by atoms with Crippen LogP contribution in [-0.4, -0.2) is 65.2 Å². The van der Waals surface area contributed by atoms with Crippen LogP contribution in [0.25, 0.3) is 31.5 Å². The molecule has 0 bridgehead atoms. The Morgan fingerprint density at radius 1 is 0.622 bits per heavy atom. The molecule has 3 atom stereocenters. The number of ether oxygens (including phenoxy) is 2. The Kier molecular flexibility index (Phi) is 10.2. The Labute approximate surface area is 259 Å². The van der Waals surface area contributed by atoms with Gasteiger partial charge in [-0.1, -0.05) is 24.3 Å². The fraction of sp³-hybridized carbons (Fsp3) is 0.310. The summed E-state index contributed by atoms with van der Waals surface area (Å²) in [6.45, 7) is 4.37. The average molecular weight is 659 g/mol. The van der Waals surface area contributed by atoms with Crippen LogP contribution < -0.4 is 0 Å². The summed E-state index contributed by atoms with van der Waals surface area (Å²) < 4.78 is 73.7. The van der Waals surface area contributed by atoms with Gasteiger partial charge >= 0.3 is 11.4 Å². The van der Waals surface area contributed by atoms with Crippen molar-refractivity contribution >= 4 is 53.2 Å². The van der Waals surface area contributed by atoms with Crippen molar-refractivity contribution in [2.24, 2.45) is 0 Å². The molecule has 2 N–H and O–H groups in total. The van der Waals surface area contributed by atoms with Crippen LogP contribution >= 0.6 is 0 Å². The first kappa shape index (κ1) is 33.5. The molecule has 14 nitrogen and oxygen atoms in total. The van der Waals surface area contributed by atoms with Gasteiger partial charge < -0.3 is 19.7 Å². The molecule has 0 aromatic heterocycles. The van der Waals surface area contributed by atoms with Crippen molar-refractivity contribution < 1.29 is 44.9 Å². The monoisotopic (exact) mass is 658 g/mol. The fourth-order valence-corrected chi connectivity index (χ4v) is 6.92. The van der Waals surface area contributed by atoms with Crippen LogP contribution in [0, 0.1) is 10.8 Å². The number of hydrogen-bond acceptors (Lipinski definition) is 12. The van der Waals surface area contributed by atoms with Crippen molar-refractivity contribution in [3.63, 3.8) is 0 Å². The predicted molar refractivity (Wildman–Crippen MR) is 162 cm³/mol. The minimum Gasteiger partial charge on any atom is -0.501 e. The average Bonchev–Trinajstić information content (AvgIpc) is 3.01. The van der Waals surface area contributed by atoms with E-state index in [4.69, 9.17) is 28.6 Å². The minimum absolute atomic E-state index is 0.0282. The molecule has 45 heavy (non-hydrogen) atoms. The molecule has 4 aromatic rings. The molecule has 4 aromatic carbocycles. The second-order valence-corrected chi connectivity index (χ2v) is 13.3. The van der Waals surface area contributed by atoms with Gasteiger partial charge in [-0.2, -0.15) is 16.8 Å². The second-order valence-electron chi connectivity index (χ2n) is 10.2. The van der Waals surface area contributed by atoms with Crippen LogP contribution in [0.1, 0.15) is 20.8 Å². The largest absolute Gasteiger partial charge is 0.501 e. The maximum absolute atomic E-state index is 13.0. The van der Waals surface area contributed by atoms with Gasteiger partial charge in [0, 0.05) is 33.7 Å². The summed E-state index contributed by atoms with van der Waals surface area (Å²) in [6, 6.07) is 13.8. The number of hydrogen-bond donors (Lipinski definition) is 2. The number of rotatable bonds is 13. The Morgan fingerprint density at radius 2 is 1.07 bits per heavy atom. The number of phenolic OH excluding ortho intramolecular Hbond substituents is 2. The highest BCUT2D eigenvalue weighted by molar-refractivity contribution is 7.87. The van der Waals surface area contributed by atoms with E-state index >= 15 is 0 Å². The normalized spacial score (nSPS) is 14.1. The molecule has 0 heterocycles. The van der Waals surface area contributed by atoms with Gasteiger partial charge in [0.15, 0.2) is 9.95 Å². The zero-order chi connectivity index (χ0) is 32.9. The molecule has 0 aliphatic heterocycles. The van der Waals surface area contributed by atoms with Crippen LogP contribution in [0.4, 0.5) is 11.4 Å². The van der Waals surface area contributed by atoms with Gasteiger partial charge in [-0.25, -0.2) is 0 Å². The third-order valence-electron chi connectivity index (χ3n) is 6.68. The first-order chi connectivity index (χ1) is 21.3. The van der Waals surface area contributed by atoms with E-state index in [1.54, 1.807) is 13.8 Å². The molecule has 236 valence electrons. The smallest absolute Gasteiger partial charge is 0.426 e. The van der Waals surface area contributed by atoms with E-state index in [9.17, 15) is 27.0 Å². The highest BCUT2D eigenvalue weighted by Crippen LogP contribution is 2.38. The second kappa shape index (κ2) is 13.7. The summed E-state index contributed by atoms with van der Waals surface area (Å²) in [4.78, 5) is 5.57. The molecular weight excluding hydrogens is 628 g/mol. The van der Waals surface area contributed by atoms with Gasteiger partial charge in [0.05, 0.1) is 38.1 Å². The SMILES string of the molecule is CC(COC(C)COS(=O)(=O)c1cccc2c(O)c([N+]#N)ccc12)OCC(C)OS(=O)(=O)c1cccc2c(O)c([N+]#N)ccc12. The van der Waals surface area contributed by atoms with E-state index < -0.39 is 38.5 Å². The highest BCUT2D eigenvalue weighted by Gasteiger charge is 2.26. The van der Waals surface area contributed by atoms with Gasteiger partial charge in [0.25, 0.3) is 20.2 Å². The van der Waals surface area contributed by atoms with Gasteiger partial charge in [-0.3, -0.25) is 8.37 Å². The third-order valence-corrected chi connectivity index (χ3v) is 9.49. The number of phenols is 2. The molecular formula is C29H30N4O10S2+2. The van der Waals surface area contributed by atoms with E-state index in [1.165, 1.54) is 67.6 Å². The lowest BCUT2D eigenvalue weighted by Crippen LogP contribution is -2.28. The summed E-state index contributed by atoms with van der Waals surface area (Å²) in [6.07, 6.45) is -2.11. The van der Waals surface area contributed by atoms with E-state index in [0.29, 0.717) is 0 Å². The van der Waals surface area contributed by atoms with Crippen molar-refractivity contribution in [1.82, 2.24) is 0 Å². The van der Waals surface area contributed by atoms with Crippen molar-refractivity contribution in [2.45, 2.75) is 48.9 Å². The van der Waals surface area contributed by atoms with Gasteiger partial charge in [-0.05, 0) is 45.0 Å². The third kappa shape index (κ3) is 7.46. The standard InChI is InChI=1S/C29H28N4O10S2/c1-17(41-15-19(3)43-45(38,39)27-9-5-7-23-21(27)11-13-25(33-31)29(23)35)14-40-18(2)16-42-44(36,37)26-8-4-6-22-20(26)10-12-24(32-30)28(22)34/h4-13,17-19H,14-16H2,1-3H3/p+2. The molecule has 16 heteroatoms. The lowest BCUT2D eigenvalue weighted by atomic mass is 10.1. The molecule has 3 unspecified atom stereocenters. The Bertz CT molecular complexity index is 2040. The first-order valence-electron chi connectivity index (χ1n) is 13.5. The number of benzene rings is 4. The summed E-state index contributed by atoms with van der Waals surface area (Å²) >= 11 is 0. The lowest BCUT2D eigenvalue weighted by Gasteiger charge is -2.20. The van der Waals surface area contributed by atoms with Gasteiger partial charge in [0.2, 0.25) is 22.3 Å². The Hall–Kier alpha value is -4.42. The molecule has 0 spiro atoms. The Morgan fingerprint density at radius 3 is 1.56 bits per heavy atom. The van der Waals surface area contributed by atoms with Crippen molar-refractivity contribution in [3.05, 3.63) is 70.6 Å². The summed E-state index contributed by atoms with van der Waals surface area (Å²) in [7, 11) is -8.54. The van der Waals surface area contributed by atoms with Crippen molar-refractivity contribution in [2.75, 3.05) is 19.8 Å². The van der Waals surface area contributed by atoms with Gasteiger partial charge in [-0.15, -0.1) is 0 Å². The minimum atomic E-state index is -4.28. The van der Waals surface area contributed by atoms with E-state index in [2.05, 4.69) is 9.95 Å². The fourth-order valence-electron chi connectivity index (χ4n) is 4.44. The van der Waals surface area contributed by atoms with Crippen LogP contribution in [0.5, 0.6) is 11.5 Å². The summed E-state index contributed by atoms with van der Waals surface area (Å²) in [5.41, 5.74) is -0.223. The quantitative estimate of drug-likeness (QED) is 0.132. The Balaban J connectivity index is 1.29. The molecule has 0 amide bonds. The number of diazo groups is 2. The highest BCUT2D eigenvalue weighted by atomic mass is 32.2. The first-order valence-corrected chi connectivity index (χ1v) is 16.4. The molecule has 0 radical (unpaired) electrons. The van der Waals surface area contributed by atoms with Crippen LogP contribution in [0.2, 0.25) is 0 Å². The molecule has 0 aliphatic carbocycles. The number of aromatic hydroxyl groups is 2. The van der Waals surface area contributed by atoms with Crippen molar-refractivity contribution in [3.8, 4) is 11.5 Å². The zero-order valence-electron chi connectivity index (χ0n) is 24.4. The summed E-state index contributed by atoms with van der Waals surface area (Å²) in [5, 5.41) is 39.2. The number of nitrogens with zero attached hydrogens (tertiary/aromatic N) is 4. The van der Waals surface area contributed by atoms with E-state index in [1.807, 2.05) is 0 Å².